The summed E-state index contributed by atoms with van der Waals surface area (Å²) in [7, 11) is -3.69. The molecule has 1 aliphatic carbocycles. The number of amides is 1. The number of hydrogen-bond donors (Lipinski definition) is 2. The Kier molecular flexibility index (Phi) is 8.09. The van der Waals surface area contributed by atoms with Crippen LogP contribution >= 0.6 is 0 Å². The fourth-order valence-electron chi connectivity index (χ4n) is 3.75. The van der Waals surface area contributed by atoms with Crippen LogP contribution in [0, 0.1) is 13.8 Å². The monoisotopic (exact) mass is 444 g/mol. The van der Waals surface area contributed by atoms with Gasteiger partial charge in [0.15, 0.2) is 0 Å². The summed E-state index contributed by atoms with van der Waals surface area (Å²) >= 11 is 0. The van der Waals surface area contributed by atoms with Crippen molar-refractivity contribution in [1.82, 2.24) is 5.32 Å². The number of aryl methyl sites for hydroxylation is 2. The van der Waals surface area contributed by atoms with Crippen molar-refractivity contribution < 1.29 is 17.9 Å². The third kappa shape index (κ3) is 6.80. The van der Waals surface area contributed by atoms with Gasteiger partial charge in [-0.1, -0.05) is 31.4 Å². The number of carbonyl (C=O) groups is 1. The molecule has 6 nitrogen and oxygen atoms in total. The van der Waals surface area contributed by atoms with Crippen molar-refractivity contribution in [2.45, 2.75) is 63.4 Å². The third-order valence-electron chi connectivity index (χ3n) is 5.54. The molecule has 0 unspecified atom stereocenters. The van der Waals surface area contributed by atoms with E-state index in [0.717, 1.165) is 24.8 Å². The number of rotatable bonds is 9. The Morgan fingerprint density at radius 2 is 1.74 bits per heavy atom. The minimum absolute atomic E-state index is 0.179. The molecule has 2 aromatic rings. The zero-order chi connectivity index (χ0) is 22.3. The van der Waals surface area contributed by atoms with Gasteiger partial charge in [0.25, 0.3) is 15.9 Å². The lowest BCUT2D eigenvalue weighted by molar-refractivity contribution is 0.0273. The van der Waals surface area contributed by atoms with E-state index in [2.05, 4.69) is 10.0 Å². The molecular weight excluding hydrogens is 412 g/mol. The minimum Gasteiger partial charge on any atom is -0.378 e. The minimum atomic E-state index is -3.69. The van der Waals surface area contributed by atoms with Crippen LogP contribution in [0.4, 0.5) is 5.69 Å². The number of benzene rings is 2. The molecule has 0 bridgehead atoms. The molecule has 1 saturated carbocycles. The van der Waals surface area contributed by atoms with Gasteiger partial charge in [0.1, 0.15) is 0 Å². The smallest absolute Gasteiger partial charge is 0.262 e. The Morgan fingerprint density at radius 1 is 1.03 bits per heavy atom. The topological polar surface area (TPSA) is 84.5 Å². The first-order valence-electron chi connectivity index (χ1n) is 10.9. The molecule has 0 radical (unpaired) electrons. The second-order valence-electron chi connectivity index (χ2n) is 8.19. The molecule has 1 amide bonds. The summed E-state index contributed by atoms with van der Waals surface area (Å²) in [5, 5.41) is 2.89. The van der Waals surface area contributed by atoms with Gasteiger partial charge in [-0.15, -0.1) is 0 Å². The molecule has 31 heavy (non-hydrogen) atoms. The van der Waals surface area contributed by atoms with E-state index in [1.54, 1.807) is 43.3 Å². The third-order valence-corrected chi connectivity index (χ3v) is 7.07. The first kappa shape index (κ1) is 23.3. The van der Waals surface area contributed by atoms with Crippen LogP contribution in [0.2, 0.25) is 0 Å². The van der Waals surface area contributed by atoms with E-state index in [1.807, 2.05) is 13.0 Å². The quantitative estimate of drug-likeness (QED) is 0.555. The van der Waals surface area contributed by atoms with E-state index in [9.17, 15) is 13.2 Å². The lowest BCUT2D eigenvalue weighted by Gasteiger charge is -2.21. The standard InChI is InChI=1S/C24H32N2O4S/c1-18-9-10-19(2)23(17-18)31(28,29)26-21-13-11-20(12-14-21)24(27)25-15-6-16-30-22-7-4-3-5-8-22/h9-14,17,22,26H,3-8,15-16H2,1-2H3,(H,25,27). The fourth-order valence-corrected chi connectivity index (χ4v) is 5.14. The number of anilines is 1. The zero-order valence-electron chi connectivity index (χ0n) is 18.3. The van der Waals surface area contributed by atoms with E-state index >= 15 is 0 Å². The van der Waals surface area contributed by atoms with Gasteiger partial charge in [-0.3, -0.25) is 9.52 Å². The number of carbonyl (C=O) groups excluding carboxylic acids is 1. The van der Waals surface area contributed by atoms with Crippen LogP contribution in [0.5, 0.6) is 0 Å². The van der Waals surface area contributed by atoms with E-state index in [4.69, 9.17) is 4.74 Å². The van der Waals surface area contributed by atoms with Gasteiger partial charge in [-0.05, 0) is 74.6 Å². The Labute approximate surface area is 185 Å². The molecule has 7 heteroatoms. The van der Waals surface area contributed by atoms with E-state index in [-0.39, 0.29) is 10.8 Å². The number of ether oxygens (including phenoxy) is 1. The van der Waals surface area contributed by atoms with Crippen LogP contribution in [0.1, 0.15) is 60.0 Å². The van der Waals surface area contributed by atoms with Crippen molar-refractivity contribution >= 4 is 21.6 Å². The lowest BCUT2D eigenvalue weighted by Crippen LogP contribution is -2.26. The molecule has 0 atom stereocenters. The van der Waals surface area contributed by atoms with Gasteiger partial charge in [0.2, 0.25) is 0 Å². The molecule has 1 fully saturated rings. The van der Waals surface area contributed by atoms with Crippen LogP contribution in [0.3, 0.4) is 0 Å². The molecule has 1 aliphatic rings. The molecule has 0 heterocycles. The van der Waals surface area contributed by atoms with Gasteiger partial charge in [0.05, 0.1) is 11.0 Å². The Hall–Kier alpha value is -2.38. The van der Waals surface area contributed by atoms with Crippen LogP contribution in [-0.2, 0) is 14.8 Å². The Morgan fingerprint density at radius 3 is 2.45 bits per heavy atom. The van der Waals surface area contributed by atoms with E-state index in [1.165, 1.54) is 19.3 Å². The summed E-state index contributed by atoms with van der Waals surface area (Å²) in [6, 6.07) is 11.8. The van der Waals surface area contributed by atoms with Gasteiger partial charge in [-0.25, -0.2) is 8.42 Å². The molecule has 0 aromatic heterocycles. The molecule has 2 N–H and O–H groups in total. The predicted octanol–water partition coefficient (Wildman–Crippen LogP) is 4.57. The van der Waals surface area contributed by atoms with Crippen molar-refractivity contribution in [2.75, 3.05) is 17.9 Å². The van der Waals surface area contributed by atoms with Crippen molar-refractivity contribution in [2.24, 2.45) is 0 Å². The van der Waals surface area contributed by atoms with Crippen molar-refractivity contribution in [3.05, 3.63) is 59.2 Å². The van der Waals surface area contributed by atoms with Crippen molar-refractivity contribution in [3.8, 4) is 0 Å². The second-order valence-corrected chi connectivity index (χ2v) is 9.84. The van der Waals surface area contributed by atoms with Gasteiger partial charge in [-0.2, -0.15) is 0 Å². The number of nitrogens with one attached hydrogen (secondary N) is 2. The molecule has 0 spiro atoms. The number of sulfonamides is 1. The highest BCUT2D eigenvalue weighted by molar-refractivity contribution is 7.92. The summed E-state index contributed by atoms with van der Waals surface area (Å²) in [5.41, 5.74) is 2.46. The highest BCUT2D eigenvalue weighted by atomic mass is 32.2. The zero-order valence-corrected chi connectivity index (χ0v) is 19.1. The predicted molar refractivity (Wildman–Crippen MR) is 123 cm³/mol. The Bertz CT molecular complexity index is 981. The average molecular weight is 445 g/mol. The average Bonchev–Trinajstić information content (AvgIpc) is 2.76. The summed E-state index contributed by atoms with van der Waals surface area (Å²) < 4.78 is 33.9. The first-order valence-corrected chi connectivity index (χ1v) is 12.4. The summed E-state index contributed by atoms with van der Waals surface area (Å²) in [5.74, 6) is -0.179. The summed E-state index contributed by atoms with van der Waals surface area (Å²) in [6.07, 6.45) is 7.25. The van der Waals surface area contributed by atoms with E-state index in [0.29, 0.717) is 36.1 Å². The van der Waals surface area contributed by atoms with Crippen LogP contribution in [0.15, 0.2) is 47.4 Å². The SMILES string of the molecule is Cc1ccc(C)c(S(=O)(=O)Nc2ccc(C(=O)NCCCOC3CCCCC3)cc2)c1. The maximum Gasteiger partial charge on any atom is 0.262 e. The second kappa shape index (κ2) is 10.8. The normalized spacial score (nSPS) is 14.9. The summed E-state index contributed by atoms with van der Waals surface area (Å²) in [4.78, 5) is 12.6. The molecule has 2 aromatic carbocycles. The highest BCUT2D eigenvalue weighted by Crippen LogP contribution is 2.21. The van der Waals surface area contributed by atoms with E-state index < -0.39 is 10.0 Å². The maximum absolute atomic E-state index is 12.7. The summed E-state index contributed by atoms with van der Waals surface area (Å²) in [6.45, 7) is 4.83. The molecule has 0 saturated heterocycles. The molecule has 0 aliphatic heterocycles. The first-order chi connectivity index (χ1) is 14.8. The lowest BCUT2D eigenvalue weighted by atomic mass is 9.98. The van der Waals surface area contributed by atoms with Crippen LogP contribution in [0.25, 0.3) is 0 Å². The van der Waals surface area contributed by atoms with Gasteiger partial charge >= 0.3 is 0 Å². The van der Waals surface area contributed by atoms with Gasteiger partial charge in [0, 0.05) is 24.4 Å². The van der Waals surface area contributed by atoms with Crippen LogP contribution < -0.4 is 10.0 Å². The largest absolute Gasteiger partial charge is 0.378 e. The highest BCUT2D eigenvalue weighted by Gasteiger charge is 2.17. The number of hydrogen-bond acceptors (Lipinski definition) is 4. The molecule has 3 rings (SSSR count). The van der Waals surface area contributed by atoms with Crippen molar-refractivity contribution in [3.63, 3.8) is 0 Å². The maximum atomic E-state index is 12.7. The fraction of sp³-hybridized carbons (Fsp3) is 0.458. The van der Waals surface area contributed by atoms with Crippen molar-refractivity contribution in [1.29, 1.82) is 0 Å². The van der Waals surface area contributed by atoms with Gasteiger partial charge < -0.3 is 10.1 Å². The molecular formula is C24H32N2O4S. The van der Waals surface area contributed by atoms with Crippen LogP contribution in [-0.4, -0.2) is 33.6 Å². The Balaban J connectivity index is 1.47. The molecule has 168 valence electrons.